The van der Waals surface area contributed by atoms with Gasteiger partial charge in [0.2, 0.25) is 0 Å². The van der Waals surface area contributed by atoms with Gasteiger partial charge in [0.25, 0.3) is 0 Å². The van der Waals surface area contributed by atoms with Crippen LogP contribution in [0.5, 0.6) is 0 Å². The van der Waals surface area contributed by atoms with E-state index in [9.17, 15) is 14.2 Å². The lowest BCUT2D eigenvalue weighted by molar-refractivity contribution is -0.161. The number of hydrogen-bond acceptors (Lipinski definition) is 6. The first-order valence-electron chi connectivity index (χ1n) is 20.3. The number of unbranched alkanes of at least 4 members (excludes halogenated alkanes) is 21. The number of hydrogen-bond donors (Lipinski definition) is 2. The highest BCUT2D eigenvalue weighted by atomic mass is 31.2. The van der Waals surface area contributed by atoms with Crippen LogP contribution in [-0.2, 0) is 28.2 Å². The van der Waals surface area contributed by atoms with Gasteiger partial charge < -0.3 is 19.3 Å². The summed E-state index contributed by atoms with van der Waals surface area (Å²) in [7, 11) is -4.76. The average molecular weight is 727 g/mol. The molecule has 8 nitrogen and oxygen atoms in total. The molecule has 0 heterocycles. The number of phosphoric ester groups is 1. The van der Waals surface area contributed by atoms with Crippen molar-refractivity contribution in [1.29, 1.82) is 0 Å². The van der Waals surface area contributed by atoms with Gasteiger partial charge in [0, 0.05) is 12.8 Å². The van der Waals surface area contributed by atoms with Gasteiger partial charge in [-0.3, -0.25) is 14.1 Å². The predicted octanol–water partition coefficient (Wildman–Crippen LogP) is 12.2. The van der Waals surface area contributed by atoms with E-state index in [0.717, 1.165) is 57.8 Å². The van der Waals surface area contributed by atoms with Gasteiger partial charge in [-0.1, -0.05) is 166 Å². The van der Waals surface area contributed by atoms with Crippen molar-refractivity contribution in [3.8, 4) is 0 Å². The molecule has 0 bridgehead atoms. The molecular formula is C41H75O8P. The van der Waals surface area contributed by atoms with Gasteiger partial charge in [-0.05, 0) is 51.4 Å². The van der Waals surface area contributed by atoms with E-state index in [-0.39, 0.29) is 19.4 Å². The highest BCUT2D eigenvalue weighted by molar-refractivity contribution is 7.46. The molecule has 0 saturated carbocycles. The largest absolute Gasteiger partial charge is 0.469 e. The van der Waals surface area contributed by atoms with Gasteiger partial charge in [-0.25, -0.2) is 4.57 Å². The monoisotopic (exact) mass is 727 g/mol. The predicted molar refractivity (Wildman–Crippen MR) is 207 cm³/mol. The number of allylic oxidation sites excluding steroid dienone is 6. The van der Waals surface area contributed by atoms with Gasteiger partial charge in [0.05, 0.1) is 6.61 Å². The van der Waals surface area contributed by atoms with Crippen molar-refractivity contribution in [2.45, 2.75) is 200 Å². The summed E-state index contributed by atoms with van der Waals surface area (Å²) in [4.78, 5) is 42.8. The second kappa shape index (κ2) is 37.0. The summed E-state index contributed by atoms with van der Waals surface area (Å²) in [5.41, 5.74) is 0. The van der Waals surface area contributed by atoms with Crippen molar-refractivity contribution in [3.63, 3.8) is 0 Å². The Hall–Kier alpha value is -1.73. The van der Waals surface area contributed by atoms with Crippen molar-refractivity contribution in [1.82, 2.24) is 0 Å². The van der Waals surface area contributed by atoms with Crippen LogP contribution in [0.25, 0.3) is 0 Å². The Kier molecular flexibility index (Phi) is 35.8. The first-order valence-corrected chi connectivity index (χ1v) is 21.8. The van der Waals surface area contributed by atoms with Crippen LogP contribution in [0.2, 0.25) is 0 Å². The Labute approximate surface area is 306 Å². The molecule has 0 aliphatic carbocycles. The standard InChI is InChI=1S/C41H75O8P/c1-3-5-7-9-11-13-15-17-19-20-22-24-26-28-30-32-34-36-41(43)49-39(38-48-50(44,45)46)37-47-40(42)35-33-31-29-27-25-23-21-18-16-14-12-10-8-6-4-2/h11,13,17,19,22,24,39H,3-10,12,14-16,18,20-21,23,25-38H2,1-2H3,(H2,44,45,46)/b13-11-,19-17+,24-22+/t39-/m1/s1. The van der Waals surface area contributed by atoms with Gasteiger partial charge in [0.15, 0.2) is 6.10 Å². The average Bonchev–Trinajstić information content (AvgIpc) is 3.08. The molecule has 0 unspecified atom stereocenters. The second-order valence-corrected chi connectivity index (χ2v) is 14.9. The number of esters is 2. The Morgan fingerprint density at radius 3 is 1.38 bits per heavy atom. The molecule has 2 N–H and O–H groups in total. The highest BCUT2D eigenvalue weighted by Crippen LogP contribution is 2.36. The molecule has 0 saturated heterocycles. The Morgan fingerprint density at radius 2 is 0.900 bits per heavy atom. The number of rotatable bonds is 37. The van der Waals surface area contributed by atoms with Gasteiger partial charge in [-0.15, -0.1) is 0 Å². The molecule has 0 aromatic carbocycles. The zero-order valence-electron chi connectivity index (χ0n) is 32.0. The Balaban J connectivity index is 3.97. The van der Waals surface area contributed by atoms with Gasteiger partial charge >= 0.3 is 19.8 Å². The van der Waals surface area contributed by atoms with Crippen LogP contribution in [0.1, 0.15) is 194 Å². The lowest BCUT2D eigenvalue weighted by Gasteiger charge is -2.18. The summed E-state index contributed by atoms with van der Waals surface area (Å²) in [6.45, 7) is 3.64. The van der Waals surface area contributed by atoms with Crippen LogP contribution in [0.15, 0.2) is 36.5 Å². The van der Waals surface area contributed by atoms with Gasteiger partial charge in [-0.2, -0.15) is 0 Å². The third-order valence-corrected chi connectivity index (χ3v) is 9.15. The smallest absolute Gasteiger partial charge is 0.462 e. The molecule has 292 valence electrons. The maximum absolute atomic E-state index is 12.4. The fourth-order valence-electron chi connectivity index (χ4n) is 5.61. The summed E-state index contributed by atoms with van der Waals surface area (Å²) >= 11 is 0. The summed E-state index contributed by atoms with van der Waals surface area (Å²) < 4.78 is 26.3. The van der Waals surface area contributed by atoms with E-state index in [2.05, 4.69) is 54.8 Å². The Bertz CT molecular complexity index is 910. The van der Waals surface area contributed by atoms with E-state index in [1.165, 1.54) is 103 Å². The summed E-state index contributed by atoms with van der Waals surface area (Å²) in [5.74, 6) is -0.905. The minimum Gasteiger partial charge on any atom is -0.462 e. The van der Waals surface area contributed by atoms with Crippen LogP contribution in [-0.4, -0.2) is 41.0 Å². The van der Waals surface area contributed by atoms with Crippen LogP contribution < -0.4 is 0 Å². The SMILES string of the molecule is CCCCC/C=C\C/C=C/C/C=C/CCCCCCC(=O)O[C@H](COC(=O)CCCCCCCCCCCCCCCCC)COP(=O)(O)O. The summed E-state index contributed by atoms with van der Waals surface area (Å²) in [6.07, 6.45) is 42.9. The topological polar surface area (TPSA) is 119 Å². The van der Waals surface area contributed by atoms with Gasteiger partial charge in [0.1, 0.15) is 6.61 Å². The molecule has 50 heavy (non-hydrogen) atoms. The molecule has 0 aliphatic rings. The molecule has 0 spiro atoms. The van der Waals surface area contributed by atoms with Crippen LogP contribution in [0.3, 0.4) is 0 Å². The normalized spacial score (nSPS) is 12.8. The van der Waals surface area contributed by atoms with Crippen molar-refractivity contribution < 1.29 is 37.9 Å². The molecule has 0 amide bonds. The zero-order valence-corrected chi connectivity index (χ0v) is 32.9. The van der Waals surface area contributed by atoms with Crippen molar-refractivity contribution in [3.05, 3.63) is 36.5 Å². The highest BCUT2D eigenvalue weighted by Gasteiger charge is 2.22. The molecule has 9 heteroatoms. The molecule has 0 aromatic heterocycles. The quantitative estimate of drug-likeness (QED) is 0.0281. The molecule has 0 radical (unpaired) electrons. The van der Waals surface area contributed by atoms with Crippen molar-refractivity contribution in [2.75, 3.05) is 13.2 Å². The lowest BCUT2D eigenvalue weighted by Crippen LogP contribution is -2.29. The maximum Gasteiger partial charge on any atom is 0.469 e. The Morgan fingerprint density at radius 1 is 0.520 bits per heavy atom. The minimum atomic E-state index is -4.76. The number of phosphoric acid groups is 1. The van der Waals surface area contributed by atoms with E-state index in [4.69, 9.17) is 19.3 Å². The van der Waals surface area contributed by atoms with Crippen LogP contribution in [0.4, 0.5) is 0 Å². The van der Waals surface area contributed by atoms with Crippen molar-refractivity contribution in [2.24, 2.45) is 0 Å². The zero-order chi connectivity index (χ0) is 36.8. The summed E-state index contributed by atoms with van der Waals surface area (Å²) in [6, 6.07) is 0. The molecule has 0 aliphatic heterocycles. The third-order valence-electron chi connectivity index (χ3n) is 8.66. The van der Waals surface area contributed by atoms with Crippen LogP contribution >= 0.6 is 7.82 Å². The molecule has 0 rings (SSSR count). The fraction of sp³-hybridized carbons (Fsp3) is 0.805. The maximum atomic E-state index is 12.4. The molecular weight excluding hydrogens is 651 g/mol. The molecule has 1 atom stereocenters. The first-order chi connectivity index (χ1) is 24.3. The number of carbonyl (C=O) groups is 2. The van der Waals surface area contributed by atoms with E-state index in [1.807, 2.05) is 0 Å². The summed E-state index contributed by atoms with van der Waals surface area (Å²) in [5, 5.41) is 0. The lowest BCUT2D eigenvalue weighted by atomic mass is 10.0. The molecule has 0 fully saturated rings. The second-order valence-electron chi connectivity index (χ2n) is 13.6. The van der Waals surface area contributed by atoms with E-state index >= 15 is 0 Å². The van der Waals surface area contributed by atoms with E-state index in [0.29, 0.717) is 6.42 Å². The third kappa shape index (κ3) is 39.1. The fourth-order valence-corrected chi connectivity index (χ4v) is 5.98. The number of ether oxygens (including phenoxy) is 2. The van der Waals surface area contributed by atoms with E-state index < -0.39 is 32.5 Å². The number of carbonyl (C=O) groups excluding carboxylic acids is 2. The molecule has 0 aromatic rings. The first kappa shape index (κ1) is 48.3. The van der Waals surface area contributed by atoms with Crippen molar-refractivity contribution >= 4 is 19.8 Å². The van der Waals surface area contributed by atoms with E-state index in [1.54, 1.807) is 0 Å². The minimum absolute atomic E-state index is 0.188. The van der Waals surface area contributed by atoms with Crippen LogP contribution in [0, 0.1) is 0 Å².